The lowest BCUT2D eigenvalue weighted by molar-refractivity contribution is -0.137. The lowest BCUT2D eigenvalue weighted by Crippen LogP contribution is -2.19. The van der Waals surface area contributed by atoms with Crippen LogP contribution in [0.25, 0.3) is 0 Å². The Kier molecular flexibility index (Phi) is 4.15. The molecular weight excluding hydrogens is 290 g/mol. The van der Waals surface area contributed by atoms with E-state index < -0.39 is 23.6 Å². The van der Waals surface area contributed by atoms with Crippen molar-refractivity contribution in [1.29, 1.82) is 0 Å². The molecule has 1 N–H and O–H groups in total. The van der Waals surface area contributed by atoms with Crippen LogP contribution in [0.15, 0.2) is 30.3 Å². The van der Waals surface area contributed by atoms with Crippen molar-refractivity contribution in [2.45, 2.75) is 19.1 Å². The number of alkyl halides is 3. The number of hydrogen-bond donors (Lipinski definition) is 1. The molecule has 1 unspecified atom stereocenters. The minimum absolute atomic E-state index is 0.00387. The molecule has 1 atom stereocenters. The van der Waals surface area contributed by atoms with Crippen LogP contribution in [0.4, 0.5) is 17.6 Å². The van der Waals surface area contributed by atoms with Gasteiger partial charge in [0.15, 0.2) is 0 Å². The van der Waals surface area contributed by atoms with Gasteiger partial charge in [0.1, 0.15) is 5.82 Å². The Morgan fingerprint density at radius 1 is 1.15 bits per heavy atom. The van der Waals surface area contributed by atoms with Crippen LogP contribution in [-0.2, 0) is 6.18 Å². The second-order valence-corrected chi connectivity index (χ2v) is 5.72. The summed E-state index contributed by atoms with van der Waals surface area (Å²) in [5.41, 5.74) is -0.841. The number of aryl methyl sites for hydroxylation is 1. The third kappa shape index (κ3) is 3.02. The first-order chi connectivity index (χ1) is 9.32. The second-order valence-electron chi connectivity index (χ2n) is 4.40. The molecule has 1 aromatic carbocycles. The van der Waals surface area contributed by atoms with Gasteiger partial charge in [0.2, 0.25) is 0 Å². The molecule has 0 fully saturated rings. The van der Waals surface area contributed by atoms with Crippen LogP contribution < -0.4 is 5.32 Å². The largest absolute Gasteiger partial charge is 0.416 e. The van der Waals surface area contributed by atoms with Crippen molar-refractivity contribution in [3.05, 3.63) is 57.0 Å². The predicted octanol–water partition coefficient (Wildman–Crippen LogP) is 4.52. The van der Waals surface area contributed by atoms with Crippen LogP contribution in [0, 0.1) is 12.7 Å². The molecule has 0 amide bonds. The Hall–Kier alpha value is -1.40. The maximum absolute atomic E-state index is 13.9. The predicted molar refractivity (Wildman–Crippen MR) is 71.4 cm³/mol. The SMILES string of the molecule is CNC(c1ccc(C)s1)c1cc(C(F)(F)F)ccc1F. The van der Waals surface area contributed by atoms with Crippen LogP contribution in [0.3, 0.4) is 0 Å². The van der Waals surface area contributed by atoms with E-state index in [0.717, 1.165) is 28.0 Å². The van der Waals surface area contributed by atoms with Gasteiger partial charge in [-0.3, -0.25) is 0 Å². The van der Waals surface area contributed by atoms with Gasteiger partial charge in [-0.25, -0.2) is 4.39 Å². The van der Waals surface area contributed by atoms with Crippen molar-refractivity contribution in [2.24, 2.45) is 0 Å². The van der Waals surface area contributed by atoms with Gasteiger partial charge in [-0.2, -0.15) is 13.2 Å². The number of benzene rings is 1. The Morgan fingerprint density at radius 3 is 2.35 bits per heavy atom. The van der Waals surface area contributed by atoms with Crippen molar-refractivity contribution in [3.63, 3.8) is 0 Å². The molecule has 108 valence electrons. The average molecular weight is 303 g/mol. The third-order valence-corrected chi connectivity index (χ3v) is 4.03. The molecule has 0 saturated heterocycles. The summed E-state index contributed by atoms with van der Waals surface area (Å²) < 4.78 is 52.1. The normalized spacial score (nSPS) is 13.5. The number of rotatable bonds is 3. The lowest BCUT2D eigenvalue weighted by Gasteiger charge is -2.18. The summed E-state index contributed by atoms with van der Waals surface area (Å²) in [4.78, 5) is 1.80. The molecule has 0 bridgehead atoms. The van der Waals surface area contributed by atoms with Gasteiger partial charge in [0.05, 0.1) is 11.6 Å². The molecule has 1 heterocycles. The van der Waals surface area contributed by atoms with Gasteiger partial charge in [-0.1, -0.05) is 0 Å². The van der Waals surface area contributed by atoms with Crippen LogP contribution in [0.2, 0.25) is 0 Å². The Morgan fingerprint density at radius 2 is 1.85 bits per heavy atom. The highest BCUT2D eigenvalue weighted by Crippen LogP contribution is 2.34. The Balaban J connectivity index is 2.49. The first kappa shape index (κ1) is 15.0. The van der Waals surface area contributed by atoms with E-state index in [-0.39, 0.29) is 5.56 Å². The first-order valence-electron chi connectivity index (χ1n) is 5.93. The van der Waals surface area contributed by atoms with Crippen molar-refractivity contribution in [2.75, 3.05) is 7.05 Å². The van der Waals surface area contributed by atoms with Gasteiger partial charge < -0.3 is 5.32 Å². The van der Waals surface area contributed by atoms with Gasteiger partial charge in [0, 0.05) is 15.3 Å². The molecular formula is C14H13F4NS. The molecule has 0 aliphatic rings. The minimum atomic E-state index is -4.48. The summed E-state index contributed by atoms with van der Waals surface area (Å²) in [5, 5.41) is 2.87. The van der Waals surface area contributed by atoms with Crippen molar-refractivity contribution < 1.29 is 17.6 Å². The summed E-state index contributed by atoms with van der Waals surface area (Å²) in [6.45, 7) is 1.89. The summed E-state index contributed by atoms with van der Waals surface area (Å²) >= 11 is 1.43. The molecule has 0 saturated carbocycles. The molecule has 2 rings (SSSR count). The van der Waals surface area contributed by atoms with Crippen LogP contribution in [0.5, 0.6) is 0 Å². The van der Waals surface area contributed by atoms with Gasteiger partial charge in [-0.15, -0.1) is 11.3 Å². The highest BCUT2D eigenvalue weighted by atomic mass is 32.1. The third-order valence-electron chi connectivity index (χ3n) is 2.97. The van der Waals surface area contributed by atoms with Crippen molar-refractivity contribution in [3.8, 4) is 0 Å². The van der Waals surface area contributed by atoms with E-state index in [4.69, 9.17) is 0 Å². The lowest BCUT2D eigenvalue weighted by atomic mass is 10.0. The maximum Gasteiger partial charge on any atom is 0.416 e. The molecule has 2 aromatic rings. The highest BCUT2D eigenvalue weighted by Gasteiger charge is 2.32. The van der Waals surface area contributed by atoms with E-state index in [9.17, 15) is 17.6 Å². The fourth-order valence-corrected chi connectivity index (χ4v) is 3.01. The topological polar surface area (TPSA) is 12.0 Å². The molecule has 1 nitrogen and oxygen atoms in total. The quantitative estimate of drug-likeness (QED) is 0.822. The molecule has 1 aromatic heterocycles. The fraction of sp³-hybridized carbons (Fsp3) is 0.286. The van der Waals surface area contributed by atoms with E-state index in [1.54, 1.807) is 13.1 Å². The molecule has 6 heteroatoms. The van der Waals surface area contributed by atoms with Crippen LogP contribution in [-0.4, -0.2) is 7.05 Å². The monoisotopic (exact) mass is 303 g/mol. The highest BCUT2D eigenvalue weighted by molar-refractivity contribution is 7.12. The van der Waals surface area contributed by atoms with E-state index in [0.29, 0.717) is 0 Å². The minimum Gasteiger partial charge on any atom is -0.309 e. The van der Waals surface area contributed by atoms with Gasteiger partial charge in [-0.05, 0) is 44.3 Å². The van der Waals surface area contributed by atoms with E-state index >= 15 is 0 Å². The fourth-order valence-electron chi connectivity index (χ4n) is 2.00. The number of thiophene rings is 1. The smallest absolute Gasteiger partial charge is 0.309 e. The molecule has 0 aliphatic carbocycles. The first-order valence-corrected chi connectivity index (χ1v) is 6.75. The van der Waals surface area contributed by atoms with Crippen molar-refractivity contribution >= 4 is 11.3 Å². The van der Waals surface area contributed by atoms with E-state index in [1.807, 2.05) is 13.0 Å². The van der Waals surface area contributed by atoms with E-state index in [1.165, 1.54) is 11.3 Å². The summed E-state index contributed by atoms with van der Waals surface area (Å²) in [7, 11) is 1.60. The zero-order valence-corrected chi connectivity index (χ0v) is 11.7. The molecule has 20 heavy (non-hydrogen) atoms. The zero-order valence-electron chi connectivity index (χ0n) is 10.9. The van der Waals surface area contributed by atoms with E-state index in [2.05, 4.69) is 5.32 Å². The van der Waals surface area contributed by atoms with Crippen LogP contribution >= 0.6 is 11.3 Å². The van der Waals surface area contributed by atoms with Crippen molar-refractivity contribution in [1.82, 2.24) is 5.32 Å². The Labute approximate surface area is 118 Å². The molecule has 0 aliphatic heterocycles. The van der Waals surface area contributed by atoms with Gasteiger partial charge in [0.25, 0.3) is 0 Å². The standard InChI is InChI=1S/C14H13F4NS/c1-8-3-6-12(20-8)13(19-2)10-7-9(14(16,17)18)4-5-11(10)15/h3-7,13,19H,1-2H3. The summed E-state index contributed by atoms with van der Waals surface area (Å²) in [5.74, 6) is -0.650. The molecule has 0 spiro atoms. The number of nitrogens with one attached hydrogen (secondary N) is 1. The Bertz CT molecular complexity index is 603. The molecule has 0 radical (unpaired) electrons. The van der Waals surface area contributed by atoms with Gasteiger partial charge >= 0.3 is 6.18 Å². The second kappa shape index (κ2) is 5.54. The average Bonchev–Trinajstić information content (AvgIpc) is 2.77. The van der Waals surface area contributed by atoms with Crippen LogP contribution in [0.1, 0.15) is 26.9 Å². The zero-order chi connectivity index (χ0) is 14.9. The maximum atomic E-state index is 13.9. The summed E-state index contributed by atoms with van der Waals surface area (Å²) in [6.07, 6.45) is -4.48. The summed E-state index contributed by atoms with van der Waals surface area (Å²) in [6, 6.07) is 5.55. The number of hydrogen-bond acceptors (Lipinski definition) is 2. The number of halogens is 4.